The highest BCUT2D eigenvalue weighted by molar-refractivity contribution is 5.88. The first-order valence-electron chi connectivity index (χ1n) is 29.8. The van der Waals surface area contributed by atoms with Gasteiger partial charge in [0.2, 0.25) is 0 Å². The zero-order valence-electron chi connectivity index (χ0n) is 49.9. The Morgan fingerprint density at radius 2 is 0.769 bits per heavy atom. The molecule has 91 heavy (non-hydrogen) atoms. The molecule has 0 radical (unpaired) electrons. The van der Waals surface area contributed by atoms with E-state index in [0.717, 1.165) is 101 Å². The maximum absolute atomic E-state index is 10.3. The van der Waals surface area contributed by atoms with E-state index in [1.165, 1.54) is 11.1 Å². The van der Waals surface area contributed by atoms with Crippen molar-refractivity contribution >= 4 is 44.3 Å². The number of aromatic hydroxyl groups is 4. The molecule has 0 saturated carbocycles. The van der Waals surface area contributed by atoms with Crippen molar-refractivity contribution in [3.05, 3.63) is 302 Å². The van der Waals surface area contributed by atoms with Gasteiger partial charge in [0.25, 0.3) is 0 Å². The summed E-state index contributed by atoms with van der Waals surface area (Å²) >= 11 is 0. The second-order valence-corrected chi connectivity index (χ2v) is 22.0. The van der Waals surface area contributed by atoms with Crippen LogP contribution < -0.4 is 0 Å². The highest BCUT2D eigenvalue weighted by Crippen LogP contribution is 2.38. The first-order valence-corrected chi connectivity index (χ1v) is 29.8. The van der Waals surface area contributed by atoms with Crippen LogP contribution in [0.15, 0.2) is 285 Å². The van der Waals surface area contributed by atoms with Crippen LogP contribution in [0.4, 0.5) is 0 Å². The van der Waals surface area contributed by atoms with Gasteiger partial charge in [-0.3, -0.25) is 13.7 Å². The monoisotopic (exact) mass is 1190 g/mol. The predicted molar refractivity (Wildman–Crippen MR) is 362 cm³/mol. The Morgan fingerprint density at radius 1 is 0.308 bits per heavy atom. The molecule has 4 N–H and O–H groups in total. The quantitative estimate of drug-likeness (QED) is 0.117. The molecule has 6 aromatic heterocycles. The van der Waals surface area contributed by atoms with Gasteiger partial charge in [-0.05, 0) is 170 Å². The Balaban J connectivity index is 0.000000106. The lowest BCUT2D eigenvalue weighted by Gasteiger charge is -2.12. The molecule has 0 atom stereocenters. The highest BCUT2D eigenvalue weighted by atomic mass is 16.3. The Morgan fingerprint density at radius 3 is 1.35 bits per heavy atom. The van der Waals surface area contributed by atoms with Crippen molar-refractivity contribution in [3.8, 4) is 91.0 Å². The number of pyridine rings is 1. The van der Waals surface area contributed by atoms with E-state index in [2.05, 4.69) is 109 Å². The molecule has 17 rings (SSSR count). The number of phenols is 4. The average molecular weight is 1190 g/mol. The number of aromatic nitrogens is 10. The summed E-state index contributed by atoms with van der Waals surface area (Å²) in [5, 5.41) is 40.9. The molecule has 442 valence electrons. The van der Waals surface area contributed by atoms with Crippen LogP contribution in [0.3, 0.4) is 0 Å². The fourth-order valence-corrected chi connectivity index (χ4v) is 11.6. The van der Waals surface area contributed by atoms with Crippen molar-refractivity contribution in [2.45, 2.75) is 20.8 Å². The molecule has 14 heteroatoms. The van der Waals surface area contributed by atoms with Crippen LogP contribution in [-0.4, -0.2) is 68.1 Å². The fraction of sp³-hybridized carbons (Fsp3) is 0.0390. The summed E-state index contributed by atoms with van der Waals surface area (Å²) in [4.78, 5) is 20.5. The minimum Gasteiger partial charge on any atom is -0.507 e. The van der Waals surface area contributed by atoms with E-state index in [-0.39, 0.29) is 17.2 Å². The van der Waals surface area contributed by atoms with E-state index in [1.807, 2.05) is 198 Å². The van der Waals surface area contributed by atoms with Gasteiger partial charge >= 0.3 is 0 Å². The normalized spacial score (nSPS) is 11.2. The van der Waals surface area contributed by atoms with Gasteiger partial charge in [0.05, 0.1) is 55.6 Å². The molecule has 11 aromatic carbocycles. The summed E-state index contributed by atoms with van der Waals surface area (Å²) in [6.07, 6.45) is 1.73. The number of phenolic OH excluding ortho intramolecular Hbond substituents is 4. The van der Waals surface area contributed by atoms with Crippen LogP contribution in [0.25, 0.3) is 112 Å². The van der Waals surface area contributed by atoms with Crippen molar-refractivity contribution in [2.24, 2.45) is 0 Å². The van der Waals surface area contributed by atoms with Gasteiger partial charge in [0.1, 0.15) is 51.4 Å². The van der Waals surface area contributed by atoms with Crippen molar-refractivity contribution in [1.29, 1.82) is 0 Å². The Kier molecular flexibility index (Phi) is 14.9. The molecule has 0 spiro atoms. The minimum absolute atomic E-state index is 0.206. The molecule has 0 aliphatic rings. The lowest BCUT2D eigenvalue weighted by Crippen LogP contribution is -2.00. The molecular formula is C77H60N10O4. The molecule has 0 amide bonds. The SMILES string of the molecule is Cc1ccc(O)c(-n2n3c4ccc(-c5ccccc5)cc4n23)c1.Cc1ccccc1-n1c(-c2ccccc2O)nc2ccccc21.Cc1ccccc1-n1c(-c2ccccc2O)nc2ncccc21.Oc1ccccc1-c1nc2ccccc2n1-c1ccccc1. The summed E-state index contributed by atoms with van der Waals surface area (Å²) < 4.78 is 10.4. The smallest absolute Gasteiger partial charge is 0.178 e. The van der Waals surface area contributed by atoms with Crippen LogP contribution in [0, 0.1) is 20.8 Å². The molecule has 17 aromatic rings. The van der Waals surface area contributed by atoms with Crippen LogP contribution in [0.5, 0.6) is 23.0 Å². The zero-order valence-corrected chi connectivity index (χ0v) is 49.9. The lowest BCUT2D eigenvalue weighted by atomic mass is 10.1. The zero-order chi connectivity index (χ0) is 62.1. The molecule has 0 aliphatic carbocycles. The maximum Gasteiger partial charge on any atom is 0.178 e. The van der Waals surface area contributed by atoms with Gasteiger partial charge in [-0.25, -0.2) is 19.9 Å². The van der Waals surface area contributed by atoms with Crippen molar-refractivity contribution in [1.82, 2.24) is 47.7 Å². The van der Waals surface area contributed by atoms with Crippen LogP contribution in [0.1, 0.15) is 16.7 Å². The Hall–Kier alpha value is -12.4. The lowest BCUT2D eigenvalue weighted by molar-refractivity contribution is 0.471. The largest absolute Gasteiger partial charge is 0.507 e. The third-order valence-corrected chi connectivity index (χ3v) is 16.1. The van der Waals surface area contributed by atoms with E-state index in [1.54, 1.807) is 36.5 Å². The number of rotatable bonds is 8. The summed E-state index contributed by atoms with van der Waals surface area (Å²) in [7, 11) is 0. The molecule has 0 saturated heterocycles. The number of aryl methyl sites for hydroxylation is 3. The van der Waals surface area contributed by atoms with Crippen molar-refractivity contribution in [3.63, 3.8) is 0 Å². The van der Waals surface area contributed by atoms with Gasteiger partial charge in [-0.1, -0.05) is 158 Å². The van der Waals surface area contributed by atoms with Gasteiger partial charge < -0.3 is 20.4 Å². The third kappa shape index (κ3) is 10.7. The molecule has 14 nitrogen and oxygen atoms in total. The van der Waals surface area contributed by atoms with E-state index in [0.29, 0.717) is 22.8 Å². The number of para-hydroxylation sites is 10. The topological polar surface area (TPSA) is 161 Å². The number of hydrogen-bond donors (Lipinski definition) is 4. The molecular weight excluding hydrogens is 1130 g/mol. The number of fused-ring (bicyclic) bond motifs is 7. The van der Waals surface area contributed by atoms with E-state index < -0.39 is 0 Å². The number of benzene rings is 11. The average Bonchev–Trinajstić information content (AvgIpc) is 1.51. The van der Waals surface area contributed by atoms with Crippen LogP contribution in [0.2, 0.25) is 0 Å². The number of nitrogens with zero attached hydrogens (tertiary/aromatic N) is 10. The van der Waals surface area contributed by atoms with Crippen molar-refractivity contribution < 1.29 is 20.4 Å². The predicted octanol–water partition coefficient (Wildman–Crippen LogP) is 17.3. The fourth-order valence-electron chi connectivity index (χ4n) is 11.6. The van der Waals surface area contributed by atoms with Gasteiger partial charge in [0, 0.05) is 11.9 Å². The third-order valence-electron chi connectivity index (χ3n) is 16.1. The van der Waals surface area contributed by atoms with E-state index in [4.69, 9.17) is 9.97 Å². The molecule has 0 aliphatic heterocycles. The van der Waals surface area contributed by atoms with Crippen molar-refractivity contribution in [2.75, 3.05) is 0 Å². The Labute approximate surface area is 523 Å². The first-order chi connectivity index (χ1) is 44.6. The number of imidazole rings is 3. The summed E-state index contributed by atoms with van der Waals surface area (Å²) in [5.74, 6) is 3.14. The second-order valence-electron chi connectivity index (χ2n) is 22.0. The standard InChI is InChI=1S/C20H16N2O.2C19H15N3O.C19H14N2O/c1-14-8-2-5-11-17(14)22-18-12-6-4-10-16(18)21-20(22)15-9-3-7-13-19(15)23;1-13-7-10-19(23)18(11-13)22-20-16-9-8-15(12-17(16)21(20)22)14-5-3-2-4-6-14;1-13-7-2-4-9-15(13)22-16-10-6-12-20-18(16)21-19(22)14-8-3-5-11-17(14)23;22-18-13-7-4-10-15(18)19-20-16-11-5-6-12-17(16)21(19)14-8-2-1-3-9-14/h2-13,23H,1H3;2*2-12,23H,1H3;1-13,22H. The minimum atomic E-state index is 0.206. The molecule has 0 unspecified atom stereocenters. The van der Waals surface area contributed by atoms with Crippen LogP contribution in [-0.2, 0) is 0 Å². The van der Waals surface area contributed by atoms with Gasteiger partial charge in [0.15, 0.2) is 11.5 Å². The summed E-state index contributed by atoms with van der Waals surface area (Å²) in [6.45, 7) is 6.17. The Bertz CT molecular complexity index is 5260. The molecule has 0 bridgehead atoms. The van der Waals surface area contributed by atoms with E-state index in [9.17, 15) is 20.4 Å². The molecule has 6 heterocycles. The van der Waals surface area contributed by atoms with Gasteiger partial charge in [-0.2, -0.15) is 0 Å². The van der Waals surface area contributed by atoms with E-state index >= 15 is 0 Å². The molecule has 0 fully saturated rings. The van der Waals surface area contributed by atoms with Gasteiger partial charge in [-0.15, -0.1) is 14.1 Å². The number of hydrogen-bond acceptors (Lipinski definition) is 8. The summed E-state index contributed by atoms with van der Waals surface area (Å²) in [5.41, 5.74) is 19.7. The highest BCUT2D eigenvalue weighted by Gasteiger charge is 2.27. The second kappa shape index (κ2) is 24.0. The first kappa shape index (κ1) is 56.4. The maximum atomic E-state index is 10.3. The van der Waals surface area contributed by atoms with Crippen LogP contribution >= 0.6 is 0 Å². The summed E-state index contributed by atoms with van der Waals surface area (Å²) in [6, 6.07) is 90.6.